The highest BCUT2D eigenvalue weighted by Gasteiger charge is 2.10. The van der Waals surface area contributed by atoms with Crippen LogP contribution in [0, 0.1) is 0 Å². The van der Waals surface area contributed by atoms with E-state index in [1.807, 2.05) is 0 Å². The molecule has 1 aromatic carbocycles. The van der Waals surface area contributed by atoms with E-state index >= 15 is 0 Å². The first-order chi connectivity index (χ1) is 9.15. The maximum absolute atomic E-state index is 3.80. The summed E-state index contributed by atoms with van der Waals surface area (Å²) >= 11 is 3.80. The van der Waals surface area contributed by atoms with Crippen LogP contribution in [-0.4, -0.2) is 36.0 Å². The largest absolute Gasteiger partial charge is 0.300 e. The molecule has 0 bridgehead atoms. The molecule has 0 amide bonds. The third kappa shape index (κ3) is 4.90. The highest BCUT2D eigenvalue weighted by molar-refractivity contribution is 9.10. The smallest absolute Gasteiger partial charge is 0.0265 e. The molecule has 0 aliphatic rings. The van der Waals surface area contributed by atoms with Crippen LogP contribution in [-0.2, 0) is 13.1 Å². The average Bonchev–Trinajstić information content (AvgIpc) is 2.45. The molecule has 108 valence electrons. The summed E-state index contributed by atoms with van der Waals surface area (Å²) in [5.41, 5.74) is 2.79. The molecule has 0 saturated heterocycles. The second kappa shape index (κ2) is 8.72. The average molecular weight is 327 g/mol. The second-order valence-electron chi connectivity index (χ2n) is 4.81. The Kier molecular flexibility index (Phi) is 7.66. The molecule has 0 saturated carbocycles. The van der Waals surface area contributed by atoms with Crippen LogP contribution in [0.15, 0.2) is 22.7 Å². The van der Waals surface area contributed by atoms with Gasteiger partial charge in [0.15, 0.2) is 0 Å². The molecule has 0 aliphatic carbocycles. The number of hydrogen-bond acceptors (Lipinski definition) is 2. The Labute approximate surface area is 126 Å². The zero-order valence-corrected chi connectivity index (χ0v) is 14.3. The molecule has 19 heavy (non-hydrogen) atoms. The molecule has 1 rings (SSSR count). The normalized spacial score (nSPS) is 11.5. The zero-order chi connectivity index (χ0) is 14.3. The zero-order valence-electron chi connectivity index (χ0n) is 12.7. The van der Waals surface area contributed by atoms with Gasteiger partial charge < -0.3 is 0 Å². The number of nitrogens with zero attached hydrogens (tertiary/aromatic N) is 2. The van der Waals surface area contributed by atoms with Crippen LogP contribution in [0.3, 0.4) is 0 Å². The number of hydrogen-bond donors (Lipinski definition) is 0. The first-order valence-electron chi connectivity index (χ1n) is 7.37. The minimum atomic E-state index is 1.03. The number of halogens is 1. The Morgan fingerprint density at radius 2 is 1.16 bits per heavy atom. The van der Waals surface area contributed by atoms with Crippen LogP contribution in [0.2, 0.25) is 0 Å². The molecule has 1 aromatic rings. The summed E-state index contributed by atoms with van der Waals surface area (Å²) < 4.78 is 1.29. The lowest BCUT2D eigenvalue weighted by Crippen LogP contribution is -2.24. The van der Waals surface area contributed by atoms with E-state index in [0.29, 0.717) is 0 Å². The van der Waals surface area contributed by atoms with E-state index < -0.39 is 0 Å². The van der Waals surface area contributed by atoms with Crippen molar-refractivity contribution in [3.8, 4) is 0 Å². The quantitative estimate of drug-likeness (QED) is 0.708. The predicted octanol–water partition coefficient (Wildman–Crippen LogP) is 4.13. The van der Waals surface area contributed by atoms with Crippen molar-refractivity contribution in [3.05, 3.63) is 33.8 Å². The van der Waals surface area contributed by atoms with Crippen molar-refractivity contribution in [3.63, 3.8) is 0 Å². The lowest BCUT2D eigenvalue weighted by molar-refractivity contribution is 0.290. The van der Waals surface area contributed by atoms with Gasteiger partial charge in [0, 0.05) is 17.6 Å². The Bertz CT molecular complexity index is 339. The van der Waals surface area contributed by atoms with Gasteiger partial charge in [0.05, 0.1) is 0 Å². The molecule has 0 atom stereocenters. The van der Waals surface area contributed by atoms with Gasteiger partial charge in [-0.2, -0.15) is 0 Å². The fraction of sp³-hybridized carbons (Fsp3) is 0.625. The van der Waals surface area contributed by atoms with Gasteiger partial charge in [0.25, 0.3) is 0 Å². The van der Waals surface area contributed by atoms with Crippen molar-refractivity contribution in [1.29, 1.82) is 0 Å². The van der Waals surface area contributed by atoms with Gasteiger partial charge in [-0.1, -0.05) is 61.8 Å². The fourth-order valence-corrected chi connectivity index (χ4v) is 2.77. The van der Waals surface area contributed by atoms with E-state index in [2.05, 4.69) is 71.6 Å². The minimum Gasteiger partial charge on any atom is -0.300 e. The molecule has 0 unspecified atom stereocenters. The summed E-state index contributed by atoms with van der Waals surface area (Å²) in [4.78, 5) is 4.89. The maximum Gasteiger partial charge on any atom is 0.0265 e. The lowest BCUT2D eigenvalue weighted by atomic mass is 10.1. The third-order valence-electron chi connectivity index (χ3n) is 3.74. The van der Waals surface area contributed by atoms with Gasteiger partial charge >= 0.3 is 0 Å². The second-order valence-corrected chi connectivity index (χ2v) is 5.61. The van der Waals surface area contributed by atoms with E-state index in [1.54, 1.807) is 0 Å². The summed E-state index contributed by atoms with van der Waals surface area (Å²) in [6, 6.07) is 6.64. The minimum absolute atomic E-state index is 1.03. The molecule has 0 N–H and O–H groups in total. The van der Waals surface area contributed by atoms with E-state index in [-0.39, 0.29) is 0 Å². The highest BCUT2D eigenvalue weighted by atomic mass is 79.9. The van der Waals surface area contributed by atoms with E-state index in [9.17, 15) is 0 Å². The van der Waals surface area contributed by atoms with Crippen molar-refractivity contribution >= 4 is 15.9 Å². The molecular formula is C16H27BrN2. The Balaban J connectivity index is 2.85. The Morgan fingerprint density at radius 1 is 0.789 bits per heavy atom. The molecule has 0 aromatic heterocycles. The lowest BCUT2D eigenvalue weighted by Gasteiger charge is -2.22. The summed E-state index contributed by atoms with van der Waals surface area (Å²) in [6.07, 6.45) is 0. The molecule has 2 nitrogen and oxygen atoms in total. The van der Waals surface area contributed by atoms with E-state index in [4.69, 9.17) is 0 Å². The van der Waals surface area contributed by atoms with Crippen LogP contribution in [0.25, 0.3) is 0 Å². The molecule has 0 heterocycles. The van der Waals surface area contributed by atoms with Gasteiger partial charge in [-0.15, -0.1) is 0 Å². The van der Waals surface area contributed by atoms with Gasteiger partial charge in [0.1, 0.15) is 0 Å². The van der Waals surface area contributed by atoms with Crippen molar-refractivity contribution in [2.45, 2.75) is 40.8 Å². The van der Waals surface area contributed by atoms with Crippen LogP contribution >= 0.6 is 15.9 Å². The SMILES string of the molecule is CCN(CC)Cc1cccc(CN(CC)CC)c1Br. The molecule has 0 radical (unpaired) electrons. The Hall–Kier alpha value is -0.380. The maximum atomic E-state index is 3.80. The summed E-state index contributed by atoms with van der Waals surface area (Å²) in [6.45, 7) is 15.3. The van der Waals surface area contributed by atoms with E-state index in [1.165, 1.54) is 15.6 Å². The predicted molar refractivity (Wildman–Crippen MR) is 87.4 cm³/mol. The first-order valence-corrected chi connectivity index (χ1v) is 8.16. The first kappa shape index (κ1) is 16.7. The summed E-state index contributed by atoms with van der Waals surface area (Å²) in [5, 5.41) is 0. The van der Waals surface area contributed by atoms with Crippen LogP contribution in [0.5, 0.6) is 0 Å². The number of benzene rings is 1. The third-order valence-corrected chi connectivity index (χ3v) is 4.75. The van der Waals surface area contributed by atoms with Gasteiger partial charge in [-0.3, -0.25) is 9.80 Å². The fourth-order valence-electron chi connectivity index (χ4n) is 2.25. The van der Waals surface area contributed by atoms with Gasteiger partial charge in [-0.25, -0.2) is 0 Å². The monoisotopic (exact) mass is 326 g/mol. The van der Waals surface area contributed by atoms with Crippen molar-refractivity contribution in [2.75, 3.05) is 26.2 Å². The highest BCUT2D eigenvalue weighted by Crippen LogP contribution is 2.24. The molecule has 3 heteroatoms. The topological polar surface area (TPSA) is 6.48 Å². The number of rotatable bonds is 8. The molecule has 0 fully saturated rings. The van der Waals surface area contributed by atoms with Crippen molar-refractivity contribution in [2.24, 2.45) is 0 Å². The van der Waals surface area contributed by atoms with Gasteiger partial charge in [-0.05, 0) is 37.3 Å². The van der Waals surface area contributed by atoms with E-state index in [0.717, 1.165) is 39.3 Å². The van der Waals surface area contributed by atoms with Crippen molar-refractivity contribution in [1.82, 2.24) is 9.80 Å². The molecule has 0 aliphatic heterocycles. The van der Waals surface area contributed by atoms with Gasteiger partial charge in [0.2, 0.25) is 0 Å². The Morgan fingerprint density at radius 3 is 1.47 bits per heavy atom. The summed E-state index contributed by atoms with van der Waals surface area (Å²) in [5.74, 6) is 0. The van der Waals surface area contributed by atoms with Crippen LogP contribution in [0.4, 0.5) is 0 Å². The van der Waals surface area contributed by atoms with Crippen LogP contribution < -0.4 is 0 Å². The molecular weight excluding hydrogens is 300 g/mol. The van der Waals surface area contributed by atoms with Crippen LogP contribution in [0.1, 0.15) is 38.8 Å². The molecule has 0 spiro atoms. The summed E-state index contributed by atoms with van der Waals surface area (Å²) in [7, 11) is 0. The standard InChI is InChI=1S/C16H27BrN2/c1-5-18(6-2)12-14-10-9-11-15(16(14)17)13-19(7-3)8-4/h9-11H,5-8,12-13H2,1-4H3. The van der Waals surface area contributed by atoms with Crippen molar-refractivity contribution < 1.29 is 0 Å².